The van der Waals surface area contributed by atoms with Crippen LogP contribution in [0, 0.1) is 6.92 Å². The molecule has 1 saturated heterocycles. The van der Waals surface area contributed by atoms with Crippen LogP contribution in [0.25, 0.3) is 0 Å². The predicted molar refractivity (Wildman–Crippen MR) is 90.5 cm³/mol. The third-order valence-electron chi connectivity index (χ3n) is 4.58. The molecule has 0 aliphatic carbocycles. The zero-order valence-electron chi connectivity index (χ0n) is 13.8. The molecule has 2 amide bonds. The molecular formula is C19H18N2O4. The molecule has 2 aliphatic rings. The van der Waals surface area contributed by atoms with Crippen molar-refractivity contribution in [2.75, 3.05) is 19.9 Å². The van der Waals surface area contributed by atoms with Crippen LogP contribution in [-0.4, -0.2) is 36.6 Å². The fraction of sp³-hybridized carbons (Fsp3) is 0.263. The molecule has 0 bridgehead atoms. The number of rotatable bonds is 2. The SMILES string of the molecule is Cc1ccccc1C1C(=O)NCCN1C(=O)c1ccc2c(c1)OCO2. The molecule has 1 atom stereocenters. The number of aryl methyl sites for hydroxylation is 1. The van der Waals surface area contributed by atoms with E-state index in [1.807, 2.05) is 31.2 Å². The van der Waals surface area contributed by atoms with Gasteiger partial charge in [-0.25, -0.2) is 0 Å². The van der Waals surface area contributed by atoms with Crippen molar-refractivity contribution in [1.29, 1.82) is 0 Å². The van der Waals surface area contributed by atoms with E-state index in [9.17, 15) is 9.59 Å². The smallest absolute Gasteiger partial charge is 0.255 e. The van der Waals surface area contributed by atoms with E-state index in [1.54, 1.807) is 23.1 Å². The molecule has 0 aromatic heterocycles. The second-order valence-electron chi connectivity index (χ2n) is 6.12. The number of amides is 2. The number of hydrogen-bond donors (Lipinski definition) is 1. The summed E-state index contributed by atoms with van der Waals surface area (Å²) in [5, 5.41) is 2.86. The highest BCUT2D eigenvalue weighted by Gasteiger charge is 2.35. The van der Waals surface area contributed by atoms with Gasteiger partial charge in [0.2, 0.25) is 12.7 Å². The topological polar surface area (TPSA) is 67.9 Å². The first-order valence-corrected chi connectivity index (χ1v) is 8.19. The van der Waals surface area contributed by atoms with E-state index < -0.39 is 6.04 Å². The van der Waals surface area contributed by atoms with E-state index in [2.05, 4.69) is 5.32 Å². The van der Waals surface area contributed by atoms with Crippen LogP contribution in [0.5, 0.6) is 11.5 Å². The van der Waals surface area contributed by atoms with Crippen LogP contribution in [0.3, 0.4) is 0 Å². The number of hydrogen-bond acceptors (Lipinski definition) is 4. The molecule has 25 heavy (non-hydrogen) atoms. The van der Waals surface area contributed by atoms with Gasteiger partial charge in [0.15, 0.2) is 11.5 Å². The Morgan fingerprint density at radius 2 is 1.96 bits per heavy atom. The molecule has 2 aliphatic heterocycles. The van der Waals surface area contributed by atoms with Gasteiger partial charge in [0, 0.05) is 18.7 Å². The Kier molecular flexibility index (Phi) is 3.80. The lowest BCUT2D eigenvalue weighted by Crippen LogP contribution is -2.52. The zero-order valence-corrected chi connectivity index (χ0v) is 13.8. The number of ether oxygens (including phenoxy) is 2. The second kappa shape index (κ2) is 6.12. The van der Waals surface area contributed by atoms with Crippen molar-refractivity contribution in [2.24, 2.45) is 0 Å². The van der Waals surface area contributed by atoms with Crippen LogP contribution in [0.2, 0.25) is 0 Å². The lowest BCUT2D eigenvalue weighted by Gasteiger charge is -2.36. The molecule has 6 nitrogen and oxygen atoms in total. The van der Waals surface area contributed by atoms with Crippen LogP contribution in [0.4, 0.5) is 0 Å². The maximum Gasteiger partial charge on any atom is 0.255 e. The first-order chi connectivity index (χ1) is 12.1. The molecule has 2 heterocycles. The Morgan fingerprint density at radius 1 is 1.16 bits per heavy atom. The predicted octanol–water partition coefficient (Wildman–Crippen LogP) is 2.04. The second-order valence-corrected chi connectivity index (χ2v) is 6.12. The quantitative estimate of drug-likeness (QED) is 0.910. The van der Waals surface area contributed by atoms with Crippen molar-refractivity contribution < 1.29 is 19.1 Å². The summed E-state index contributed by atoms with van der Waals surface area (Å²) in [6.07, 6.45) is 0. The maximum absolute atomic E-state index is 13.1. The fourth-order valence-corrected chi connectivity index (χ4v) is 3.28. The minimum atomic E-state index is -0.632. The highest BCUT2D eigenvalue weighted by molar-refractivity contribution is 5.99. The van der Waals surface area contributed by atoms with Gasteiger partial charge in [-0.2, -0.15) is 0 Å². The number of nitrogens with one attached hydrogen (secondary N) is 1. The third kappa shape index (κ3) is 2.69. The number of nitrogens with zero attached hydrogens (tertiary/aromatic N) is 1. The molecule has 1 fully saturated rings. The Labute approximate surface area is 145 Å². The number of carbonyl (C=O) groups is 2. The van der Waals surface area contributed by atoms with Gasteiger partial charge < -0.3 is 19.7 Å². The van der Waals surface area contributed by atoms with Crippen LogP contribution in [-0.2, 0) is 4.79 Å². The number of carbonyl (C=O) groups excluding carboxylic acids is 2. The van der Waals surface area contributed by atoms with E-state index in [4.69, 9.17) is 9.47 Å². The van der Waals surface area contributed by atoms with E-state index in [0.717, 1.165) is 11.1 Å². The van der Waals surface area contributed by atoms with Gasteiger partial charge in [-0.3, -0.25) is 9.59 Å². The zero-order chi connectivity index (χ0) is 17.4. The summed E-state index contributed by atoms with van der Waals surface area (Å²) in [6.45, 7) is 3.00. The van der Waals surface area contributed by atoms with Crippen molar-refractivity contribution in [1.82, 2.24) is 10.2 Å². The number of benzene rings is 2. The summed E-state index contributed by atoms with van der Waals surface area (Å²) < 4.78 is 10.6. The summed E-state index contributed by atoms with van der Waals surface area (Å²) in [6, 6.07) is 12.1. The number of piperazine rings is 1. The molecule has 0 spiro atoms. The lowest BCUT2D eigenvalue weighted by atomic mass is 9.97. The molecule has 6 heteroatoms. The normalized spacial score (nSPS) is 18.8. The molecule has 2 aromatic rings. The standard InChI is InChI=1S/C19H18N2O4/c1-12-4-2-3-5-14(12)17-18(22)20-8-9-21(17)19(23)13-6-7-15-16(10-13)25-11-24-15/h2-7,10,17H,8-9,11H2,1H3,(H,20,22). The van der Waals surface area contributed by atoms with Gasteiger partial charge in [-0.05, 0) is 36.2 Å². The largest absolute Gasteiger partial charge is 0.454 e. The first kappa shape index (κ1) is 15.5. The minimum Gasteiger partial charge on any atom is -0.454 e. The van der Waals surface area contributed by atoms with Crippen LogP contribution in [0.15, 0.2) is 42.5 Å². The van der Waals surface area contributed by atoms with Crippen LogP contribution < -0.4 is 14.8 Å². The van der Waals surface area contributed by atoms with Gasteiger partial charge in [-0.15, -0.1) is 0 Å². The average molecular weight is 338 g/mol. The molecular weight excluding hydrogens is 320 g/mol. The van der Waals surface area contributed by atoms with E-state index in [-0.39, 0.29) is 18.6 Å². The van der Waals surface area contributed by atoms with Crippen molar-refractivity contribution in [3.63, 3.8) is 0 Å². The monoisotopic (exact) mass is 338 g/mol. The fourth-order valence-electron chi connectivity index (χ4n) is 3.28. The molecule has 0 saturated carbocycles. The van der Waals surface area contributed by atoms with Gasteiger partial charge in [0.25, 0.3) is 5.91 Å². The van der Waals surface area contributed by atoms with Crippen molar-refractivity contribution in [3.05, 3.63) is 59.2 Å². The average Bonchev–Trinajstić information content (AvgIpc) is 3.09. The van der Waals surface area contributed by atoms with E-state index >= 15 is 0 Å². The highest BCUT2D eigenvalue weighted by atomic mass is 16.7. The van der Waals surface area contributed by atoms with Crippen LogP contribution >= 0.6 is 0 Å². The van der Waals surface area contributed by atoms with Gasteiger partial charge in [0.05, 0.1) is 0 Å². The van der Waals surface area contributed by atoms with Crippen molar-refractivity contribution >= 4 is 11.8 Å². The molecule has 128 valence electrons. The summed E-state index contributed by atoms with van der Waals surface area (Å²) in [5.74, 6) is 0.833. The Bertz CT molecular complexity index is 849. The molecule has 0 radical (unpaired) electrons. The highest BCUT2D eigenvalue weighted by Crippen LogP contribution is 2.34. The minimum absolute atomic E-state index is 0.158. The Balaban J connectivity index is 1.70. The Morgan fingerprint density at radius 3 is 2.80 bits per heavy atom. The molecule has 4 rings (SSSR count). The van der Waals surface area contributed by atoms with Crippen molar-refractivity contribution in [3.8, 4) is 11.5 Å². The van der Waals surface area contributed by atoms with E-state index in [0.29, 0.717) is 30.2 Å². The van der Waals surface area contributed by atoms with Gasteiger partial charge in [0.1, 0.15) is 6.04 Å². The van der Waals surface area contributed by atoms with E-state index in [1.165, 1.54) is 0 Å². The first-order valence-electron chi connectivity index (χ1n) is 8.19. The van der Waals surface area contributed by atoms with Crippen LogP contribution in [0.1, 0.15) is 27.5 Å². The lowest BCUT2D eigenvalue weighted by molar-refractivity contribution is -0.128. The molecule has 2 aromatic carbocycles. The summed E-state index contributed by atoms with van der Waals surface area (Å²) in [5.41, 5.74) is 2.30. The molecule has 1 unspecified atom stereocenters. The third-order valence-corrected chi connectivity index (χ3v) is 4.58. The van der Waals surface area contributed by atoms with Crippen molar-refractivity contribution in [2.45, 2.75) is 13.0 Å². The Hall–Kier alpha value is -3.02. The summed E-state index contributed by atoms with van der Waals surface area (Å²) in [7, 11) is 0. The maximum atomic E-state index is 13.1. The number of fused-ring (bicyclic) bond motifs is 1. The summed E-state index contributed by atoms with van der Waals surface area (Å²) in [4.78, 5) is 27.2. The molecule has 1 N–H and O–H groups in total. The van der Waals surface area contributed by atoms with Gasteiger partial charge >= 0.3 is 0 Å². The van der Waals surface area contributed by atoms with Gasteiger partial charge in [-0.1, -0.05) is 24.3 Å². The summed E-state index contributed by atoms with van der Waals surface area (Å²) >= 11 is 0.